The Morgan fingerprint density at radius 1 is 1.30 bits per heavy atom. The molecule has 3 N–H and O–H groups in total. The number of hydrogen-bond acceptors (Lipinski definition) is 4. The number of nitrogens with two attached hydrogens (primary N) is 1. The largest absolute Gasteiger partial charge is 0.450 e. The van der Waals surface area contributed by atoms with Crippen LogP contribution in [-0.2, 0) is 4.74 Å². The number of hydrogen-bond donors (Lipinski definition) is 2. The zero-order valence-corrected chi connectivity index (χ0v) is 15.7. The lowest BCUT2D eigenvalue weighted by atomic mass is 10.2. The van der Waals surface area contributed by atoms with Gasteiger partial charge in [0.05, 0.1) is 19.2 Å². The Balaban J connectivity index is 1.49. The molecule has 2 aliphatic rings. The Morgan fingerprint density at radius 3 is 2.56 bits per heavy atom. The van der Waals surface area contributed by atoms with Crippen LogP contribution in [0.1, 0.15) is 19.8 Å². The lowest BCUT2D eigenvalue weighted by molar-refractivity contribution is 0.147. The van der Waals surface area contributed by atoms with Gasteiger partial charge in [0.15, 0.2) is 5.96 Å². The van der Waals surface area contributed by atoms with Crippen molar-refractivity contribution in [1.82, 2.24) is 10.2 Å². The highest BCUT2D eigenvalue weighted by atomic mass is 19.1. The SMILES string of the molecule is CCOC(=O)NC(CN=C(N)N1CCN(c2ccc(F)cc2)CC1)C1CC1. The minimum absolute atomic E-state index is 0.0249. The number of carbonyl (C=O) groups is 1. The normalized spacial score (nSPS) is 19.0. The van der Waals surface area contributed by atoms with Gasteiger partial charge in [0, 0.05) is 31.9 Å². The third-order valence-corrected chi connectivity index (χ3v) is 5.02. The highest BCUT2D eigenvalue weighted by Crippen LogP contribution is 2.32. The first-order valence-corrected chi connectivity index (χ1v) is 9.55. The van der Waals surface area contributed by atoms with Gasteiger partial charge in [0.25, 0.3) is 0 Å². The van der Waals surface area contributed by atoms with Crippen LogP contribution in [-0.4, -0.2) is 62.3 Å². The fourth-order valence-corrected chi connectivity index (χ4v) is 3.27. The molecule has 1 atom stereocenters. The highest BCUT2D eigenvalue weighted by molar-refractivity contribution is 5.78. The fraction of sp³-hybridized carbons (Fsp3) is 0.579. The summed E-state index contributed by atoms with van der Waals surface area (Å²) in [5, 5.41) is 2.89. The summed E-state index contributed by atoms with van der Waals surface area (Å²) in [7, 11) is 0. The molecule has 27 heavy (non-hydrogen) atoms. The van der Waals surface area contributed by atoms with Crippen LogP contribution in [0.4, 0.5) is 14.9 Å². The maximum Gasteiger partial charge on any atom is 0.407 e. The third-order valence-electron chi connectivity index (χ3n) is 5.02. The summed E-state index contributed by atoms with van der Waals surface area (Å²) in [5.74, 6) is 0.738. The second-order valence-corrected chi connectivity index (χ2v) is 6.96. The highest BCUT2D eigenvalue weighted by Gasteiger charge is 2.32. The monoisotopic (exact) mass is 377 g/mol. The smallest absolute Gasteiger partial charge is 0.407 e. The first-order valence-electron chi connectivity index (χ1n) is 9.55. The molecule has 2 fully saturated rings. The number of aliphatic imine (C=N–C) groups is 1. The summed E-state index contributed by atoms with van der Waals surface area (Å²) in [6, 6.07) is 6.52. The average molecular weight is 377 g/mol. The summed E-state index contributed by atoms with van der Waals surface area (Å²) in [4.78, 5) is 20.4. The molecule has 1 heterocycles. The average Bonchev–Trinajstić information content (AvgIpc) is 3.51. The van der Waals surface area contributed by atoms with Gasteiger partial charge in [-0.25, -0.2) is 9.18 Å². The number of nitrogens with one attached hydrogen (secondary N) is 1. The number of amides is 1. The first kappa shape index (κ1) is 19.3. The van der Waals surface area contributed by atoms with Crippen molar-refractivity contribution in [2.75, 3.05) is 44.2 Å². The standard InChI is InChI=1S/C19H28FN5O2/c1-2-27-19(26)23-17(14-3-4-14)13-22-18(21)25-11-9-24(10-12-25)16-7-5-15(20)6-8-16/h5-8,14,17H,2-4,9-13H2,1H3,(H2,21,22)(H,23,26). The van der Waals surface area contributed by atoms with Gasteiger partial charge in [-0.2, -0.15) is 0 Å². The molecule has 148 valence electrons. The van der Waals surface area contributed by atoms with Crippen molar-refractivity contribution >= 4 is 17.7 Å². The fourth-order valence-electron chi connectivity index (χ4n) is 3.27. The van der Waals surface area contributed by atoms with E-state index in [0.717, 1.165) is 44.7 Å². The molecular weight excluding hydrogens is 349 g/mol. The van der Waals surface area contributed by atoms with Crippen molar-refractivity contribution in [2.45, 2.75) is 25.8 Å². The Bertz CT molecular complexity index is 655. The molecule has 0 spiro atoms. The van der Waals surface area contributed by atoms with Crippen molar-refractivity contribution < 1.29 is 13.9 Å². The number of nitrogens with zero attached hydrogens (tertiary/aromatic N) is 3. The van der Waals surface area contributed by atoms with Gasteiger partial charge in [0.1, 0.15) is 5.82 Å². The summed E-state index contributed by atoms with van der Waals surface area (Å²) in [6.45, 7) is 5.72. The molecule has 1 saturated carbocycles. The zero-order valence-electron chi connectivity index (χ0n) is 15.7. The van der Waals surface area contributed by atoms with E-state index in [-0.39, 0.29) is 11.9 Å². The number of piperazine rings is 1. The maximum absolute atomic E-state index is 13.1. The second-order valence-electron chi connectivity index (χ2n) is 6.96. The molecule has 3 rings (SSSR count). The summed E-state index contributed by atoms with van der Waals surface area (Å²) >= 11 is 0. The van der Waals surface area contributed by atoms with Gasteiger partial charge in [-0.15, -0.1) is 0 Å². The van der Waals surface area contributed by atoms with E-state index < -0.39 is 6.09 Å². The molecular formula is C19H28FN5O2. The van der Waals surface area contributed by atoms with E-state index in [9.17, 15) is 9.18 Å². The number of anilines is 1. The van der Waals surface area contributed by atoms with Crippen LogP contribution in [0.2, 0.25) is 0 Å². The molecule has 1 aromatic carbocycles. The van der Waals surface area contributed by atoms with Gasteiger partial charge in [0.2, 0.25) is 0 Å². The minimum atomic E-state index is -0.393. The van der Waals surface area contributed by atoms with E-state index in [1.807, 2.05) is 4.90 Å². The maximum atomic E-state index is 13.1. The number of carbonyl (C=O) groups excluding carboxylic acids is 1. The van der Waals surface area contributed by atoms with Crippen LogP contribution < -0.4 is 16.0 Å². The molecule has 1 aliphatic heterocycles. The minimum Gasteiger partial charge on any atom is -0.450 e. The Labute approximate surface area is 159 Å². The Hall–Kier alpha value is -2.51. The van der Waals surface area contributed by atoms with Crippen molar-refractivity contribution in [1.29, 1.82) is 0 Å². The summed E-state index contributed by atoms with van der Waals surface area (Å²) in [5.41, 5.74) is 7.19. The van der Waals surface area contributed by atoms with Crippen LogP contribution in [0.15, 0.2) is 29.3 Å². The van der Waals surface area contributed by atoms with Gasteiger partial charge in [-0.05, 0) is 49.9 Å². The van der Waals surface area contributed by atoms with Gasteiger partial charge in [-0.3, -0.25) is 4.99 Å². The molecule has 0 aromatic heterocycles. The van der Waals surface area contributed by atoms with E-state index >= 15 is 0 Å². The predicted octanol–water partition coefficient (Wildman–Crippen LogP) is 1.79. The molecule has 8 heteroatoms. The van der Waals surface area contributed by atoms with E-state index in [4.69, 9.17) is 10.5 Å². The number of ether oxygens (including phenoxy) is 1. The van der Waals surface area contributed by atoms with Crippen molar-refractivity contribution in [3.8, 4) is 0 Å². The molecule has 7 nitrogen and oxygen atoms in total. The molecule has 0 bridgehead atoms. The molecule has 0 radical (unpaired) electrons. The van der Waals surface area contributed by atoms with Gasteiger partial charge >= 0.3 is 6.09 Å². The van der Waals surface area contributed by atoms with E-state index in [1.54, 1.807) is 19.1 Å². The van der Waals surface area contributed by atoms with Crippen molar-refractivity contribution in [2.24, 2.45) is 16.6 Å². The number of halogens is 1. The molecule has 1 amide bonds. The molecule has 1 unspecified atom stereocenters. The van der Waals surface area contributed by atoms with E-state index in [2.05, 4.69) is 15.2 Å². The molecule has 1 aromatic rings. The molecule has 1 saturated heterocycles. The van der Waals surface area contributed by atoms with E-state index in [1.165, 1.54) is 12.1 Å². The Kier molecular flexibility index (Phi) is 6.36. The van der Waals surface area contributed by atoms with Gasteiger partial charge < -0.3 is 25.6 Å². The number of benzene rings is 1. The number of rotatable bonds is 6. The lowest BCUT2D eigenvalue weighted by Gasteiger charge is -2.36. The first-order chi connectivity index (χ1) is 13.1. The van der Waals surface area contributed by atoms with Crippen LogP contribution in [0, 0.1) is 11.7 Å². The van der Waals surface area contributed by atoms with Gasteiger partial charge in [-0.1, -0.05) is 0 Å². The molecule has 1 aliphatic carbocycles. The summed E-state index contributed by atoms with van der Waals surface area (Å²) < 4.78 is 18.0. The Morgan fingerprint density at radius 2 is 1.96 bits per heavy atom. The quantitative estimate of drug-likeness (QED) is 0.583. The van der Waals surface area contributed by atoms with Crippen molar-refractivity contribution in [3.05, 3.63) is 30.1 Å². The van der Waals surface area contributed by atoms with Crippen LogP contribution in [0.5, 0.6) is 0 Å². The number of alkyl carbamates (subject to hydrolysis) is 1. The number of guanidine groups is 1. The summed E-state index contributed by atoms with van der Waals surface area (Å²) in [6.07, 6.45) is 1.81. The van der Waals surface area contributed by atoms with Crippen molar-refractivity contribution in [3.63, 3.8) is 0 Å². The zero-order chi connectivity index (χ0) is 19.2. The van der Waals surface area contributed by atoms with Crippen LogP contribution in [0.25, 0.3) is 0 Å². The third kappa shape index (κ3) is 5.48. The lowest BCUT2D eigenvalue weighted by Crippen LogP contribution is -2.51. The predicted molar refractivity (Wildman–Crippen MR) is 103 cm³/mol. The van der Waals surface area contributed by atoms with E-state index in [0.29, 0.717) is 25.0 Å². The van der Waals surface area contributed by atoms with Crippen LogP contribution in [0.3, 0.4) is 0 Å². The van der Waals surface area contributed by atoms with Crippen LogP contribution >= 0.6 is 0 Å². The second kappa shape index (κ2) is 8.92. The topological polar surface area (TPSA) is 83.2 Å².